The van der Waals surface area contributed by atoms with Crippen LogP contribution in [0.2, 0.25) is 5.02 Å². The smallest absolute Gasteiger partial charge is 0.0557 e. The van der Waals surface area contributed by atoms with E-state index in [9.17, 15) is 0 Å². The Hall–Kier alpha value is -1.83. The highest BCUT2D eigenvalue weighted by Gasteiger charge is 2.13. The number of fused-ring (bicyclic) bond motifs is 1. The minimum absolute atomic E-state index is 0.141. The van der Waals surface area contributed by atoms with Gasteiger partial charge in [0.2, 0.25) is 0 Å². The third-order valence-electron chi connectivity index (χ3n) is 3.68. The lowest BCUT2D eigenvalue weighted by atomic mass is 9.94. The van der Waals surface area contributed by atoms with Crippen LogP contribution in [0.1, 0.15) is 22.7 Å². The van der Waals surface area contributed by atoms with Crippen LogP contribution >= 0.6 is 11.6 Å². The summed E-state index contributed by atoms with van der Waals surface area (Å²) in [6.45, 7) is 2.08. The maximum Gasteiger partial charge on any atom is 0.0557 e. The summed E-state index contributed by atoms with van der Waals surface area (Å²) in [6, 6.07) is 20.3. The Morgan fingerprint density at radius 3 is 2.20 bits per heavy atom. The summed E-state index contributed by atoms with van der Waals surface area (Å²) in [7, 11) is 0. The molecule has 2 N–H and O–H groups in total. The van der Waals surface area contributed by atoms with Crippen molar-refractivity contribution >= 4 is 22.4 Å². The molecule has 1 nitrogen and oxygen atoms in total. The maximum atomic E-state index is 6.44. The molecule has 0 bridgehead atoms. The Morgan fingerprint density at radius 1 is 0.850 bits per heavy atom. The third-order valence-corrected chi connectivity index (χ3v) is 4.01. The Morgan fingerprint density at radius 2 is 1.50 bits per heavy atom. The van der Waals surface area contributed by atoms with Crippen molar-refractivity contribution in [2.75, 3.05) is 0 Å². The van der Waals surface area contributed by atoms with Crippen molar-refractivity contribution < 1.29 is 0 Å². The summed E-state index contributed by atoms with van der Waals surface area (Å²) in [4.78, 5) is 0. The minimum atomic E-state index is -0.141. The van der Waals surface area contributed by atoms with Crippen molar-refractivity contribution in [1.82, 2.24) is 0 Å². The molecule has 0 aliphatic rings. The Labute approximate surface area is 124 Å². The average Bonchev–Trinajstić information content (AvgIpc) is 2.48. The average molecular weight is 282 g/mol. The van der Waals surface area contributed by atoms with Gasteiger partial charge in [-0.05, 0) is 29.5 Å². The van der Waals surface area contributed by atoms with Crippen molar-refractivity contribution in [3.8, 4) is 0 Å². The van der Waals surface area contributed by atoms with Gasteiger partial charge in [0.1, 0.15) is 0 Å². The molecule has 0 aliphatic heterocycles. The molecule has 0 heterocycles. The molecule has 0 saturated heterocycles. The van der Waals surface area contributed by atoms with Crippen LogP contribution in [0.25, 0.3) is 10.8 Å². The van der Waals surface area contributed by atoms with Gasteiger partial charge in [-0.25, -0.2) is 0 Å². The summed E-state index contributed by atoms with van der Waals surface area (Å²) in [5, 5.41) is 2.93. The highest BCUT2D eigenvalue weighted by molar-refractivity contribution is 6.35. The van der Waals surface area contributed by atoms with Gasteiger partial charge in [0.05, 0.1) is 6.04 Å². The van der Waals surface area contributed by atoms with Crippen LogP contribution in [0.4, 0.5) is 0 Å². The van der Waals surface area contributed by atoms with Crippen molar-refractivity contribution in [1.29, 1.82) is 0 Å². The first-order valence-electron chi connectivity index (χ1n) is 6.66. The lowest BCUT2D eigenvalue weighted by molar-refractivity contribution is 0.880. The van der Waals surface area contributed by atoms with E-state index in [0.717, 1.165) is 26.9 Å². The van der Waals surface area contributed by atoms with Crippen molar-refractivity contribution in [3.63, 3.8) is 0 Å². The number of rotatable bonds is 2. The van der Waals surface area contributed by atoms with Gasteiger partial charge in [-0.1, -0.05) is 71.8 Å². The second-order valence-corrected chi connectivity index (χ2v) is 5.48. The highest BCUT2D eigenvalue weighted by Crippen LogP contribution is 2.31. The third kappa shape index (κ3) is 2.31. The van der Waals surface area contributed by atoms with Crippen LogP contribution in [-0.2, 0) is 0 Å². The van der Waals surface area contributed by atoms with E-state index in [2.05, 4.69) is 37.3 Å². The molecular formula is C18H16ClN. The molecule has 0 saturated carbocycles. The molecule has 3 aromatic carbocycles. The summed E-state index contributed by atoms with van der Waals surface area (Å²) < 4.78 is 0. The summed E-state index contributed by atoms with van der Waals surface area (Å²) in [5.74, 6) is 0. The molecule has 1 atom stereocenters. The number of hydrogen-bond donors (Lipinski definition) is 1. The van der Waals surface area contributed by atoms with E-state index in [0.29, 0.717) is 0 Å². The Balaban J connectivity index is 2.14. The lowest BCUT2D eigenvalue weighted by Gasteiger charge is -2.16. The highest BCUT2D eigenvalue weighted by atomic mass is 35.5. The predicted molar refractivity (Wildman–Crippen MR) is 86.2 cm³/mol. The van der Waals surface area contributed by atoms with Crippen molar-refractivity contribution in [3.05, 3.63) is 82.4 Å². The minimum Gasteiger partial charge on any atom is -0.320 e. The second-order valence-electron chi connectivity index (χ2n) is 5.07. The van der Waals surface area contributed by atoms with Gasteiger partial charge in [0.25, 0.3) is 0 Å². The van der Waals surface area contributed by atoms with Gasteiger partial charge in [0.15, 0.2) is 0 Å². The van der Waals surface area contributed by atoms with E-state index in [1.54, 1.807) is 0 Å². The van der Waals surface area contributed by atoms with Gasteiger partial charge in [-0.3, -0.25) is 0 Å². The molecule has 3 rings (SSSR count). The Bertz CT molecular complexity index is 747. The van der Waals surface area contributed by atoms with Gasteiger partial charge >= 0.3 is 0 Å². The second kappa shape index (κ2) is 5.28. The number of nitrogens with two attached hydrogens (primary N) is 1. The van der Waals surface area contributed by atoms with Crippen LogP contribution in [0, 0.1) is 6.92 Å². The fourth-order valence-corrected chi connectivity index (χ4v) is 2.74. The summed E-state index contributed by atoms with van der Waals surface area (Å²) in [5.41, 5.74) is 9.90. The van der Waals surface area contributed by atoms with E-state index in [4.69, 9.17) is 17.3 Å². The number of benzene rings is 3. The van der Waals surface area contributed by atoms with Crippen LogP contribution in [0.5, 0.6) is 0 Å². The van der Waals surface area contributed by atoms with Gasteiger partial charge in [0, 0.05) is 10.4 Å². The summed E-state index contributed by atoms with van der Waals surface area (Å²) in [6.07, 6.45) is 0. The first-order valence-corrected chi connectivity index (χ1v) is 7.04. The topological polar surface area (TPSA) is 26.0 Å². The molecule has 0 spiro atoms. The molecule has 0 aromatic heterocycles. The van der Waals surface area contributed by atoms with Crippen LogP contribution in [-0.4, -0.2) is 0 Å². The maximum absolute atomic E-state index is 6.44. The lowest BCUT2D eigenvalue weighted by Crippen LogP contribution is -2.12. The zero-order valence-electron chi connectivity index (χ0n) is 11.3. The molecule has 2 heteroatoms. The van der Waals surface area contributed by atoms with E-state index in [-0.39, 0.29) is 6.04 Å². The van der Waals surface area contributed by atoms with Gasteiger partial charge < -0.3 is 5.73 Å². The van der Waals surface area contributed by atoms with Gasteiger partial charge in [-0.15, -0.1) is 0 Å². The molecule has 0 aliphatic carbocycles. The van der Waals surface area contributed by atoms with Crippen LogP contribution in [0.15, 0.2) is 60.7 Å². The normalized spacial score (nSPS) is 12.6. The largest absolute Gasteiger partial charge is 0.320 e. The molecule has 0 fully saturated rings. The fraction of sp³-hybridized carbons (Fsp3) is 0.111. The van der Waals surface area contributed by atoms with Crippen molar-refractivity contribution in [2.45, 2.75) is 13.0 Å². The molecule has 0 amide bonds. The van der Waals surface area contributed by atoms with Gasteiger partial charge in [-0.2, -0.15) is 0 Å². The monoisotopic (exact) mass is 281 g/mol. The van der Waals surface area contributed by atoms with Crippen molar-refractivity contribution in [2.24, 2.45) is 5.73 Å². The van der Waals surface area contributed by atoms with Crippen LogP contribution < -0.4 is 5.73 Å². The SMILES string of the molecule is Cc1ccc(C(N)c2ccc(Cl)c3ccccc23)cc1. The standard InChI is InChI=1S/C18H16ClN/c1-12-6-8-13(9-7-12)18(20)16-10-11-17(19)15-5-3-2-4-14(15)16/h2-11,18H,20H2,1H3. The Kier molecular flexibility index (Phi) is 3.47. The molecule has 100 valence electrons. The number of aryl methyl sites for hydroxylation is 1. The number of hydrogen-bond acceptors (Lipinski definition) is 1. The summed E-state index contributed by atoms with van der Waals surface area (Å²) >= 11 is 6.26. The van der Waals surface area contributed by atoms with E-state index < -0.39 is 0 Å². The quantitative estimate of drug-likeness (QED) is 0.714. The van der Waals surface area contributed by atoms with E-state index in [1.165, 1.54) is 5.56 Å². The zero-order chi connectivity index (χ0) is 14.1. The fourth-order valence-electron chi connectivity index (χ4n) is 2.51. The predicted octanol–water partition coefficient (Wildman–Crippen LogP) is 4.85. The first kappa shape index (κ1) is 13.2. The van der Waals surface area contributed by atoms with E-state index in [1.807, 2.05) is 30.3 Å². The molecule has 3 aromatic rings. The molecule has 0 radical (unpaired) electrons. The molecule has 20 heavy (non-hydrogen) atoms. The zero-order valence-corrected chi connectivity index (χ0v) is 12.1. The van der Waals surface area contributed by atoms with Crippen LogP contribution in [0.3, 0.4) is 0 Å². The van der Waals surface area contributed by atoms with E-state index >= 15 is 0 Å². The molecule has 1 unspecified atom stereocenters. The number of halogens is 1. The molecular weight excluding hydrogens is 266 g/mol. The first-order chi connectivity index (χ1) is 9.66.